The van der Waals surface area contributed by atoms with E-state index < -0.39 is 10.0 Å². The van der Waals surface area contributed by atoms with Gasteiger partial charge in [0.1, 0.15) is 5.75 Å². The number of benzene rings is 1. The van der Waals surface area contributed by atoms with Crippen LogP contribution in [-0.4, -0.2) is 66.2 Å². The molecule has 9 nitrogen and oxygen atoms in total. The van der Waals surface area contributed by atoms with E-state index in [1.807, 2.05) is 20.2 Å². The molecule has 1 aromatic carbocycles. The summed E-state index contributed by atoms with van der Waals surface area (Å²) in [6, 6.07) is 6.19. The van der Waals surface area contributed by atoms with E-state index in [-0.39, 0.29) is 24.0 Å². The molecule has 0 radical (unpaired) electrons. The van der Waals surface area contributed by atoms with Crippen LogP contribution in [0.25, 0.3) is 0 Å². The van der Waals surface area contributed by atoms with Crippen LogP contribution in [0.1, 0.15) is 12.5 Å². The van der Waals surface area contributed by atoms with E-state index in [9.17, 15) is 13.2 Å². The molecule has 0 atom stereocenters. The van der Waals surface area contributed by atoms with Crippen molar-refractivity contribution in [3.8, 4) is 5.75 Å². The topological polar surface area (TPSA) is 96.8 Å². The summed E-state index contributed by atoms with van der Waals surface area (Å²) < 4.78 is 34.0. The Balaban J connectivity index is 1.54. The summed E-state index contributed by atoms with van der Waals surface area (Å²) >= 11 is 0. The molecule has 152 valence electrons. The molecule has 1 aliphatic rings. The smallest absolute Gasteiger partial charge is 0.317 e. The Morgan fingerprint density at radius 3 is 2.43 bits per heavy atom. The van der Waals surface area contributed by atoms with Crippen molar-refractivity contribution < 1.29 is 17.9 Å². The number of hydrogen-bond donors (Lipinski definition) is 1. The average molecular weight is 407 g/mol. The number of sulfonamides is 1. The first-order valence-corrected chi connectivity index (χ1v) is 10.6. The molecule has 1 N–H and O–H groups in total. The summed E-state index contributed by atoms with van der Waals surface area (Å²) in [4.78, 5) is 14.2. The van der Waals surface area contributed by atoms with Gasteiger partial charge in [0.15, 0.2) is 0 Å². The van der Waals surface area contributed by atoms with Crippen LogP contribution in [0, 0.1) is 0 Å². The Labute approximate surface area is 164 Å². The van der Waals surface area contributed by atoms with Gasteiger partial charge in [0.2, 0.25) is 10.0 Å². The standard InChI is InChI=1S/C18H25N5O4S/c1-3-27-16-4-6-17(7-5-16)28(25,26)23-10-8-22(9-11-23)18(24)19-12-15-13-20-21(2)14-15/h4-7,13-14H,3,8-12H2,1-2H3,(H,19,24). The molecule has 1 fully saturated rings. The largest absolute Gasteiger partial charge is 0.494 e. The lowest BCUT2D eigenvalue weighted by molar-refractivity contribution is 0.172. The van der Waals surface area contributed by atoms with Crippen molar-refractivity contribution >= 4 is 16.1 Å². The molecule has 0 spiro atoms. The molecule has 28 heavy (non-hydrogen) atoms. The SMILES string of the molecule is CCOc1ccc(S(=O)(=O)N2CCN(C(=O)NCc3cnn(C)c3)CC2)cc1. The number of rotatable bonds is 6. The highest BCUT2D eigenvalue weighted by Crippen LogP contribution is 2.21. The fourth-order valence-corrected chi connectivity index (χ4v) is 4.43. The number of urea groups is 1. The van der Waals surface area contributed by atoms with Crippen molar-refractivity contribution in [3.05, 3.63) is 42.2 Å². The van der Waals surface area contributed by atoms with Crippen LogP contribution in [0.2, 0.25) is 0 Å². The maximum atomic E-state index is 12.8. The minimum Gasteiger partial charge on any atom is -0.494 e. The van der Waals surface area contributed by atoms with Gasteiger partial charge in [0.05, 0.1) is 17.7 Å². The van der Waals surface area contributed by atoms with Crippen LogP contribution >= 0.6 is 0 Å². The average Bonchev–Trinajstić information content (AvgIpc) is 3.12. The second-order valence-electron chi connectivity index (χ2n) is 6.48. The molecule has 3 rings (SSSR count). The molecule has 2 aromatic rings. The summed E-state index contributed by atoms with van der Waals surface area (Å²) in [5.41, 5.74) is 0.910. The lowest BCUT2D eigenvalue weighted by Crippen LogP contribution is -2.52. The van der Waals surface area contributed by atoms with Crippen molar-refractivity contribution in [2.45, 2.75) is 18.4 Å². The highest BCUT2D eigenvalue weighted by molar-refractivity contribution is 7.89. The number of hydrogen-bond acceptors (Lipinski definition) is 5. The Bertz CT molecular complexity index is 902. The minimum atomic E-state index is -3.59. The van der Waals surface area contributed by atoms with Crippen LogP contribution in [-0.2, 0) is 23.6 Å². The Morgan fingerprint density at radius 1 is 1.18 bits per heavy atom. The van der Waals surface area contributed by atoms with Gasteiger partial charge in [0.25, 0.3) is 0 Å². The normalized spacial score (nSPS) is 15.4. The van der Waals surface area contributed by atoms with Crippen LogP contribution in [0.3, 0.4) is 0 Å². The number of aromatic nitrogens is 2. The maximum absolute atomic E-state index is 12.8. The Morgan fingerprint density at radius 2 is 1.86 bits per heavy atom. The third-order valence-corrected chi connectivity index (χ3v) is 6.41. The molecule has 2 heterocycles. The number of aryl methyl sites for hydroxylation is 1. The van der Waals surface area contributed by atoms with Crippen LogP contribution in [0.5, 0.6) is 5.75 Å². The van der Waals surface area contributed by atoms with Crippen molar-refractivity contribution in [2.24, 2.45) is 7.05 Å². The number of ether oxygens (including phenoxy) is 1. The highest BCUT2D eigenvalue weighted by atomic mass is 32.2. The number of amides is 2. The molecule has 0 unspecified atom stereocenters. The van der Waals surface area contributed by atoms with E-state index in [0.29, 0.717) is 32.0 Å². The van der Waals surface area contributed by atoms with Gasteiger partial charge in [0, 0.05) is 51.5 Å². The number of nitrogens with one attached hydrogen (secondary N) is 1. The molecule has 2 amide bonds. The van der Waals surface area contributed by atoms with E-state index in [1.165, 1.54) is 4.31 Å². The van der Waals surface area contributed by atoms with Crippen LogP contribution < -0.4 is 10.1 Å². The maximum Gasteiger partial charge on any atom is 0.317 e. The molecule has 1 saturated heterocycles. The van der Waals surface area contributed by atoms with Crippen LogP contribution in [0.15, 0.2) is 41.6 Å². The minimum absolute atomic E-state index is 0.207. The molecule has 0 aliphatic carbocycles. The number of piperazine rings is 1. The molecular formula is C18H25N5O4S. The lowest BCUT2D eigenvalue weighted by atomic mass is 10.3. The van der Waals surface area contributed by atoms with Gasteiger partial charge < -0.3 is 15.0 Å². The summed E-state index contributed by atoms with van der Waals surface area (Å²) in [7, 11) is -1.77. The second-order valence-corrected chi connectivity index (χ2v) is 8.41. The third-order valence-electron chi connectivity index (χ3n) is 4.50. The first kappa shape index (κ1) is 20.2. The van der Waals surface area contributed by atoms with Crippen LogP contribution in [0.4, 0.5) is 4.79 Å². The van der Waals surface area contributed by atoms with Gasteiger partial charge in [-0.05, 0) is 31.2 Å². The zero-order valence-corrected chi connectivity index (χ0v) is 16.9. The van der Waals surface area contributed by atoms with Gasteiger partial charge in [-0.15, -0.1) is 0 Å². The Kier molecular flexibility index (Phi) is 6.20. The van der Waals surface area contributed by atoms with E-state index >= 15 is 0 Å². The predicted octanol–water partition coefficient (Wildman–Crippen LogP) is 1.03. The summed E-state index contributed by atoms with van der Waals surface area (Å²) in [5, 5.41) is 6.90. The number of carbonyl (C=O) groups excluding carboxylic acids is 1. The van der Waals surface area contributed by atoms with Gasteiger partial charge in [-0.1, -0.05) is 0 Å². The van der Waals surface area contributed by atoms with E-state index in [1.54, 1.807) is 40.0 Å². The molecule has 0 bridgehead atoms. The molecule has 1 aliphatic heterocycles. The molecular weight excluding hydrogens is 382 g/mol. The van der Waals surface area contributed by atoms with Gasteiger partial charge in [-0.2, -0.15) is 9.40 Å². The number of carbonyl (C=O) groups is 1. The molecule has 0 saturated carbocycles. The number of nitrogens with zero attached hydrogens (tertiary/aromatic N) is 4. The van der Waals surface area contributed by atoms with Gasteiger partial charge in [-0.3, -0.25) is 4.68 Å². The van der Waals surface area contributed by atoms with Crippen molar-refractivity contribution in [3.63, 3.8) is 0 Å². The van der Waals surface area contributed by atoms with E-state index in [2.05, 4.69) is 10.4 Å². The van der Waals surface area contributed by atoms with Crippen molar-refractivity contribution in [1.29, 1.82) is 0 Å². The predicted molar refractivity (Wildman–Crippen MR) is 103 cm³/mol. The zero-order valence-electron chi connectivity index (χ0n) is 16.0. The first-order valence-electron chi connectivity index (χ1n) is 9.13. The third kappa shape index (κ3) is 4.63. The fourth-order valence-electron chi connectivity index (χ4n) is 3.01. The second kappa shape index (κ2) is 8.61. The summed E-state index contributed by atoms with van der Waals surface area (Å²) in [6.07, 6.45) is 3.53. The monoisotopic (exact) mass is 407 g/mol. The quantitative estimate of drug-likeness (QED) is 0.772. The summed E-state index contributed by atoms with van der Waals surface area (Å²) in [6.45, 7) is 3.99. The van der Waals surface area contributed by atoms with Crippen molar-refractivity contribution in [2.75, 3.05) is 32.8 Å². The molecule has 10 heteroatoms. The zero-order chi connectivity index (χ0) is 20.1. The fraction of sp³-hybridized carbons (Fsp3) is 0.444. The summed E-state index contributed by atoms with van der Waals surface area (Å²) in [5.74, 6) is 0.636. The lowest BCUT2D eigenvalue weighted by Gasteiger charge is -2.34. The molecule has 1 aromatic heterocycles. The van der Waals surface area contributed by atoms with Crippen molar-refractivity contribution in [1.82, 2.24) is 24.3 Å². The Hall–Kier alpha value is -2.59. The van der Waals surface area contributed by atoms with E-state index in [4.69, 9.17) is 4.74 Å². The van der Waals surface area contributed by atoms with Gasteiger partial charge in [-0.25, -0.2) is 13.2 Å². The van der Waals surface area contributed by atoms with Gasteiger partial charge >= 0.3 is 6.03 Å². The first-order chi connectivity index (χ1) is 13.4. The highest BCUT2D eigenvalue weighted by Gasteiger charge is 2.30. The van der Waals surface area contributed by atoms with E-state index in [0.717, 1.165) is 5.56 Å².